The number of fused-ring (bicyclic) bond motifs is 1. The van der Waals surface area contributed by atoms with Crippen molar-refractivity contribution in [1.29, 1.82) is 0 Å². The van der Waals surface area contributed by atoms with Crippen molar-refractivity contribution in [2.75, 3.05) is 20.3 Å². The van der Waals surface area contributed by atoms with Gasteiger partial charge in [-0.3, -0.25) is 4.79 Å². The first kappa shape index (κ1) is 23.6. The number of ether oxygens (including phenoxy) is 1. The van der Waals surface area contributed by atoms with Crippen LogP contribution in [0.25, 0.3) is 11.0 Å². The van der Waals surface area contributed by atoms with Gasteiger partial charge < -0.3 is 15.0 Å². The number of rotatable bonds is 10. The number of sulfonamides is 1. The Hall–Kier alpha value is -3.53. The molecule has 1 atom stereocenters. The summed E-state index contributed by atoms with van der Waals surface area (Å²) in [5.74, 6) is 0.331. The van der Waals surface area contributed by atoms with Crippen LogP contribution in [0, 0.1) is 0 Å². The molecule has 34 heavy (non-hydrogen) atoms. The van der Waals surface area contributed by atoms with Crippen LogP contribution in [-0.2, 0) is 21.2 Å². The van der Waals surface area contributed by atoms with Crippen molar-refractivity contribution >= 4 is 27.0 Å². The van der Waals surface area contributed by atoms with Crippen LogP contribution in [0.1, 0.15) is 27.8 Å². The van der Waals surface area contributed by atoms with Gasteiger partial charge in [0.1, 0.15) is 5.82 Å². The summed E-state index contributed by atoms with van der Waals surface area (Å²) in [5.41, 5.74) is 3.11. The van der Waals surface area contributed by atoms with Crippen LogP contribution < -0.4 is 10.0 Å². The molecule has 9 heteroatoms. The number of carbonyl (C=O) groups is 1. The van der Waals surface area contributed by atoms with Gasteiger partial charge in [0.25, 0.3) is 5.91 Å². The smallest absolute Gasteiger partial charge is 0.251 e. The maximum atomic E-state index is 13.1. The Morgan fingerprint density at radius 2 is 1.71 bits per heavy atom. The van der Waals surface area contributed by atoms with E-state index >= 15 is 0 Å². The molecule has 1 aromatic heterocycles. The molecule has 0 unspecified atom stereocenters. The number of para-hydroxylation sites is 2. The molecule has 0 fully saturated rings. The molecular formula is C25H26N4O4S. The molecule has 1 amide bonds. The van der Waals surface area contributed by atoms with E-state index in [0.29, 0.717) is 17.8 Å². The molecule has 0 saturated heterocycles. The minimum atomic E-state index is -3.67. The van der Waals surface area contributed by atoms with Gasteiger partial charge in [-0.1, -0.05) is 42.5 Å². The lowest BCUT2D eigenvalue weighted by Crippen LogP contribution is -2.31. The van der Waals surface area contributed by atoms with Crippen molar-refractivity contribution in [3.63, 3.8) is 0 Å². The van der Waals surface area contributed by atoms with Crippen LogP contribution in [0.5, 0.6) is 0 Å². The second-order valence-electron chi connectivity index (χ2n) is 7.77. The van der Waals surface area contributed by atoms with Crippen molar-refractivity contribution in [2.45, 2.75) is 17.4 Å². The number of hydrogen-bond donors (Lipinski definition) is 3. The fraction of sp³-hybridized carbons (Fsp3) is 0.200. The predicted molar refractivity (Wildman–Crippen MR) is 130 cm³/mol. The summed E-state index contributed by atoms with van der Waals surface area (Å²) in [4.78, 5) is 21.1. The lowest BCUT2D eigenvalue weighted by Gasteiger charge is -2.17. The topological polar surface area (TPSA) is 113 Å². The van der Waals surface area contributed by atoms with Crippen molar-refractivity contribution in [2.24, 2.45) is 0 Å². The van der Waals surface area contributed by atoms with Crippen molar-refractivity contribution in [3.8, 4) is 0 Å². The van der Waals surface area contributed by atoms with E-state index in [1.807, 2.05) is 54.6 Å². The first-order chi connectivity index (χ1) is 16.5. The quantitative estimate of drug-likeness (QED) is 0.303. The van der Waals surface area contributed by atoms with Crippen LogP contribution in [0.4, 0.5) is 0 Å². The molecule has 3 N–H and O–H groups in total. The van der Waals surface area contributed by atoms with E-state index in [2.05, 4.69) is 20.0 Å². The van der Waals surface area contributed by atoms with Gasteiger partial charge in [-0.2, -0.15) is 0 Å². The van der Waals surface area contributed by atoms with Crippen LogP contribution >= 0.6 is 0 Å². The van der Waals surface area contributed by atoms with E-state index in [1.54, 1.807) is 0 Å². The monoisotopic (exact) mass is 478 g/mol. The SMILES string of the molecule is COCCNS(=O)(=O)c1ccc(C(=O)N[C@@H](Cc2ccccc2)c2nc3ccccc3[nH]2)cc1. The maximum absolute atomic E-state index is 13.1. The third kappa shape index (κ3) is 5.69. The third-order valence-electron chi connectivity index (χ3n) is 5.35. The molecule has 0 aliphatic heterocycles. The zero-order valence-electron chi connectivity index (χ0n) is 18.7. The van der Waals surface area contributed by atoms with Gasteiger partial charge in [0, 0.05) is 19.2 Å². The molecule has 3 aromatic carbocycles. The molecule has 4 rings (SSSR count). The number of aromatic nitrogens is 2. The number of nitrogens with one attached hydrogen (secondary N) is 3. The summed E-state index contributed by atoms with van der Waals surface area (Å²) < 4.78 is 32.0. The molecule has 4 aromatic rings. The van der Waals surface area contributed by atoms with Crippen LogP contribution in [0.2, 0.25) is 0 Å². The summed E-state index contributed by atoms with van der Waals surface area (Å²) in [6.07, 6.45) is 0.544. The van der Waals surface area contributed by atoms with Gasteiger partial charge in [-0.05, 0) is 48.4 Å². The van der Waals surface area contributed by atoms with Gasteiger partial charge >= 0.3 is 0 Å². The summed E-state index contributed by atoms with van der Waals surface area (Å²) in [6, 6.07) is 23.0. The van der Waals surface area contributed by atoms with E-state index in [-0.39, 0.29) is 24.0 Å². The highest BCUT2D eigenvalue weighted by Crippen LogP contribution is 2.21. The average molecular weight is 479 g/mol. The Kier molecular flexibility index (Phi) is 7.36. The number of hydrogen-bond acceptors (Lipinski definition) is 5. The van der Waals surface area contributed by atoms with Gasteiger partial charge in [0.15, 0.2) is 0 Å². The lowest BCUT2D eigenvalue weighted by molar-refractivity contribution is 0.0934. The molecule has 0 aliphatic carbocycles. The Bertz CT molecular complexity index is 1320. The molecule has 176 valence electrons. The largest absolute Gasteiger partial charge is 0.383 e. The van der Waals surface area contributed by atoms with Crippen molar-refractivity contribution in [1.82, 2.24) is 20.0 Å². The number of imidazole rings is 1. The Labute approximate surface area is 198 Å². The predicted octanol–water partition coefficient (Wildman–Crippen LogP) is 3.20. The maximum Gasteiger partial charge on any atom is 0.251 e. The summed E-state index contributed by atoms with van der Waals surface area (Å²) >= 11 is 0. The zero-order valence-corrected chi connectivity index (χ0v) is 19.5. The number of H-pyrrole nitrogens is 1. The van der Waals surface area contributed by atoms with E-state index in [4.69, 9.17) is 4.74 Å². The molecular weight excluding hydrogens is 452 g/mol. The molecule has 0 aliphatic rings. The van der Waals surface area contributed by atoms with Crippen molar-refractivity contribution in [3.05, 3.63) is 95.8 Å². The standard InChI is InChI=1S/C25H26N4O4S/c1-33-16-15-26-34(31,32)20-13-11-19(12-14-20)25(30)29-23(17-18-7-3-2-4-8-18)24-27-21-9-5-6-10-22(21)28-24/h2-14,23,26H,15-17H2,1H3,(H,27,28)(H,29,30)/t23-/m0/s1. The number of carbonyl (C=O) groups excluding carboxylic acids is 1. The van der Waals surface area contributed by atoms with E-state index < -0.39 is 16.1 Å². The number of aromatic amines is 1. The molecule has 8 nitrogen and oxygen atoms in total. The van der Waals surface area contributed by atoms with Gasteiger partial charge in [-0.15, -0.1) is 0 Å². The van der Waals surface area contributed by atoms with Crippen LogP contribution in [-0.4, -0.2) is 44.6 Å². The highest BCUT2D eigenvalue weighted by Gasteiger charge is 2.21. The first-order valence-corrected chi connectivity index (χ1v) is 12.3. The summed E-state index contributed by atoms with van der Waals surface area (Å²) in [7, 11) is -2.18. The molecule has 0 bridgehead atoms. The third-order valence-corrected chi connectivity index (χ3v) is 6.83. The van der Waals surface area contributed by atoms with Gasteiger partial charge in [0.2, 0.25) is 10.0 Å². The van der Waals surface area contributed by atoms with E-state index in [9.17, 15) is 13.2 Å². The number of methoxy groups -OCH3 is 1. The van der Waals surface area contributed by atoms with E-state index in [1.165, 1.54) is 31.4 Å². The Morgan fingerprint density at radius 3 is 2.41 bits per heavy atom. The average Bonchev–Trinajstić information content (AvgIpc) is 3.29. The normalized spacial score (nSPS) is 12.5. The summed E-state index contributed by atoms with van der Waals surface area (Å²) in [5, 5.41) is 3.04. The Morgan fingerprint density at radius 1 is 1.00 bits per heavy atom. The molecule has 0 saturated carbocycles. The second-order valence-corrected chi connectivity index (χ2v) is 9.54. The molecule has 0 radical (unpaired) electrons. The second kappa shape index (κ2) is 10.6. The first-order valence-electron chi connectivity index (χ1n) is 10.8. The lowest BCUT2D eigenvalue weighted by atomic mass is 10.0. The number of amides is 1. The summed E-state index contributed by atoms with van der Waals surface area (Å²) in [6.45, 7) is 0.435. The van der Waals surface area contributed by atoms with Crippen molar-refractivity contribution < 1.29 is 17.9 Å². The fourth-order valence-electron chi connectivity index (χ4n) is 3.59. The highest BCUT2D eigenvalue weighted by atomic mass is 32.2. The number of nitrogens with zero attached hydrogens (tertiary/aromatic N) is 1. The fourth-order valence-corrected chi connectivity index (χ4v) is 4.61. The Balaban J connectivity index is 1.54. The van der Waals surface area contributed by atoms with Crippen LogP contribution in [0.3, 0.4) is 0 Å². The molecule has 1 heterocycles. The zero-order chi connectivity index (χ0) is 24.0. The van der Waals surface area contributed by atoms with E-state index in [0.717, 1.165) is 16.6 Å². The highest BCUT2D eigenvalue weighted by molar-refractivity contribution is 7.89. The van der Waals surface area contributed by atoms with Gasteiger partial charge in [0.05, 0.1) is 28.6 Å². The van der Waals surface area contributed by atoms with Crippen LogP contribution in [0.15, 0.2) is 83.8 Å². The minimum Gasteiger partial charge on any atom is -0.383 e. The van der Waals surface area contributed by atoms with Gasteiger partial charge in [-0.25, -0.2) is 18.1 Å². The minimum absolute atomic E-state index is 0.0817. The number of benzene rings is 3. The molecule has 0 spiro atoms.